The van der Waals surface area contributed by atoms with Gasteiger partial charge in [0.25, 0.3) is 0 Å². The highest BCUT2D eigenvalue weighted by molar-refractivity contribution is 7.99. The fraction of sp³-hybridized carbons (Fsp3) is 0.300. The topological polar surface area (TPSA) is 49.4 Å². The number of thioether (sulfide) groups is 1. The number of nitrogens with one attached hydrogen (secondary N) is 1. The number of aryl methyl sites for hydroxylation is 3. The van der Waals surface area contributed by atoms with E-state index in [-0.39, 0.29) is 11.8 Å². The highest BCUT2D eigenvalue weighted by Gasteiger charge is 2.33. The van der Waals surface area contributed by atoms with Gasteiger partial charge in [0.15, 0.2) is 0 Å². The molecule has 4 nitrogen and oxygen atoms in total. The van der Waals surface area contributed by atoms with Crippen molar-refractivity contribution in [2.24, 2.45) is 0 Å². The van der Waals surface area contributed by atoms with Crippen LogP contribution in [0.4, 0.5) is 5.69 Å². The molecule has 1 aromatic carbocycles. The van der Waals surface area contributed by atoms with Crippen LogP contribution in [0.25, 0.3) is 6.08 Å². The smallest absolute Gasteiger partial charge is 0.248 e. The van der Waals surface area contributed by atoms with Gasteiger partial charge in [-0.1, -0.05) is 6.07 Å². The van der Waals surface area contributed by atoms with Crippen molar-refractivity contribution in [1.29, 1.82) is 0 Å². The molecule has 6 heteroatoms. The molecule has 0 bridgehead atoms. The third-order valence-electron chi connectivity index (χ3n) is 4.39. The van der Waals surface area contributed by atoms with E-state index in [0.29, 0.717) is 11.6 Å². The SMILES string of the molecule is Cc1ccc(/C=C/C(=O)N2CSCC2C(=O)Nc2ccc(C)c(C)c2)s1. The van der Waals surface area contributed by atoms with Crippen molar-refractivity contribution in [2.75, 3.05) is 16.9 Å². The molecule has 0 radical (unpaired) electrons. The van der Waals surface area contributed by atoms with Crippen LogP contribution in [0.1, 0.15) is 20.9 Å². The average molecular weight is 387 g/mol. The Morgan fingerprint density at radius 1 is 1.15 bits per heavy atom. The number of carbonyl (C=O) groups excluding carboxylic acids is 2. The first-order valence-electron chi connectivity index (χ1n) is 8.45. The average Bonchev–Trinajstić information content (AvgIpc) is 3.25. The Bertz CT molecular complexity index is 857. The molecule has 1 aliphatic rings. The molecule has 1 atom stereocenters. The Hall–Kier alpha value is -2.05. The molecular formula is C20H22N2O2S2. The van der Waals surface area contributed by atoms with Gasteiger partial charge in [0.05, 0.1) is 5.88 Å². The van der Waals surface area contributed by atoms with Crippen molar-refractivity contribution < 1.29 is 9.59 Å². The summed E-state index contributed by atoms with van der Waals surface area (Å²) in [6, 6.07) is 9.42. The zero-order valence-corrected chi connectivity index (χ0v) is 16.7. The lowest BCUT2D eigenvalue weighted by atomic mass is 10.1. The fourth-order valence-electron chi connectivity index (χ4n) is 2.71. The second kappa shape index (κ2) is 8.10. The summed E-state index contributed by atoms with van der Waals surface area (Å²) >= 11 is 3.24. The lowest BCUT2D eigenvalue weighted by molar-refractivity contribution is -0.132. The number of carbonyl (C=O) groups is 2. The Kier molecular flexibility index (Phi) is 5.84. The molecule has 2 heterocycles. The van der Waals surface area contributed by atoms with E-state index in [9.17, 15) is 9.59 Å². The van der Waals surface area contributed by atoms with E-state index < -0.39 is 6.04 Å². The van der Waals surface area contributed by atoms with E-state index in [2.05, 4.69) is 5.32 Å². The summed E-state index contributed by atoms with van der Waals surface area (Å²) in [5.41, 5.74) is 3.09. The molecule has 1 fully saturated rings. The van der Waals surface area contributed by atoms with E-state index in [4.69, 9.17) is 0 Å². The Labute approximate surface area is 162 Å². The van der Waals surface area contributed by atoms with Gasteiger partial charge in [-0.05, 0) is 62.2 Å². The van der Waals surface area contributed by atoms with Crippen molar-refractivity contribution in [2.45, 2.75) is 26.8 Å². The maximum Gasteiger partial charge on any atom is 0.248 e. The zero-order valence-electron chi connectivity index (χ0n) is 15.1. The third kappa shape index (κ3) is 4.37. The van der Waals surface area contributed by atoms with Crippen LogP contribution in [0.15, 0.2) is 36.4 Å². The summed E-state index contributed by atoms with van der Waals surface area (Å²) in [6.45, 7) is 6.09. The monoisotopic (exact) mass is 386 g/mol. The molecule has 2 aromatic rings. The molecule has 0 spiro atoms. The van der Waals surface area contributed by atoms with Gasteiger partial charge < -0.3 is 10.2 Å². The second-order valence-corrected chi connectivity index (χ2v) is 8.71. The molecule has 1 aromatic heterocycles. The Morgan fingerprint density at radius 3 is 2.65 bits per heavy atom. The van der Waals surface area contributed by atoms with E-state index >= 15 is 0 Å². The number of hydrogen-bond acceptors (Lipinski definition) is 4. The third-order valence-corrected chi connectivity index (χ3v) is 6.37. The summed E-state index contributed by atoms with van der Waals surface area (Å²) < 4.78 is 0. The molecule has 26 heavy (non-hydrogen) atoms. The van der Waals surface area contributed by atoms with Gasteiger partial charge in [-0.15, -0.1) is 23.1 Å². The minimum atomic E-state index is -0.441. The maximum atomic E-state index is 12.7. The summed E-state index contributed by atoms with van der Waals surface area (Å²) in [5.74, 6) is 0.903. The van der Waals surface area contributed by atoms with E-state index in [0.717, 1.165) is 16.1 Å². The van der Waals surface area contributed by atoms with Crippen LogP contribution in [0.5, 0.6) is 0 Å². The van der Waals surface area contributed by atoms with Gasteiger partial charge in [0.2, 0.25) is 11.8 Å². The minimum absolute atomic E-state index is 0.124. The molecule has 1 aliphatic heterocycles. The first-order valence-corrected chi connectivity index (χ1v) is 10.4. The van der Waals surface area contributed by atoms with Crippen LogP contribution in [0.2, 0.25) is 0 Å². The van der Waals surface area contributed by atoms with Gasteiger partial charge >= 0.3 is 0 Å². The summed E-state index contributed by atoms with van der Waals surface area (Å²) in [7, 11) is 0. The molecule has 2 amide bonds. The van der Waals surface area contributed by atoms with Crippen molar-refractivity contribution in [3.8, 4) is 0 Å². The van der Waals surface area contributed by atoms with E-state index in [1.54, 1.807) is 34.1 Å². The van der Waals surface area contributed by atoms with Crippen molar-refractivity contribution in [1.82, 2.24) is 4.90 Å². The predicted molar refractivity (Wildman–Crippen MR) is 111 cm³/mol. The van der Waals surface area contributed by atoms with Crippen molar-refractivity contribution in [3.63, 3.8) is 0 Å². The largest absolute Gasteiger partial charge is 0.324 e. The first-order chi connectivity index (χ1) is 12.4. The lowest BCUT2D eigenvalue weighted by Crippen LogP contribution is -2.43. The minimum Gasteiger partial charge on any atom is -0.324 e. The first kappa shape index (κ1) is 18.7. The number of anilines is 1. The van der Waals surface area contributed by atoms with Crippen LogP contribution < -0.4 is 5.32 Å². The highest BCUT2D eigenvalue weighted by Crippen LogP contribution is 2.24. The number of nitrogens with zero attached hydrogens (tertiary/aromatic N) is 1. The molecule has 0 aliphatic carbocycles. The van der Waals surface area contributed by atoms with Crippen molar-refractivity contribution in [3.05, 3.63) is 57.3 Å². The van der Waals surface area contributed by atoms with Gasteiger partial charge in [-0.2, -0.15) is 0 Å². The summed E-state index contributed by atoms with van der Waals surface area (Å²) in [4.78, 5) is 29.1. The fourth-order valence-corrected chi connectivity index (χ4v) is 4.66. The molecule has 1 saturated heterocycles. The number of amides is 2. The van der Waals surface area contributed by atoms with E-state index in [1.807, 2.05) is 57.2 Å². The van der Waals surface area contributed by atoms with Gasteiger partial charge in [0.1, 0.15) is 6.04 Å². The summed E-state index contributed by atoms with van der Waals surface area (Å²) in [6.07, 6.45) is 3.38. The number of benzene rings is 1. The quantitative estimate of drug-likeness (QED) is 0.800. The zero-order chi connectivity index (χ0) is 18.7. The number of hydrogen-bond donors (Lipinski definition) is 1. The molecule has 1 unspecified atom stereocenters. The van der Waals surface area contributed by atoms with Crippen LogP contribution in [0.3, 0.4) is 0 Å². The van der Waals surface area contributed by atoms with Gasteiger partial charge in [-0.3, -0.25) is 9.59 Å². The Morgan fingerprint density at radius 2 is 1.96 bits per heavy atom. The molecule has 3 rings (SSSR count). The van der Waals surface area contributed by atoms with E-state index in [1.165, 1.54) is 10.4 Å². The molecule has 1 N–H and O–H groups in total. The molecule has 136 valence electrons. The maximum absolute atomic E-state index is 12.7. The standard InChI is InChI=1S/C20H22N2O2S2/c1-13-4-6-16(10-14(13)2)21-20(24)18-11-25-12-22(18)19(23)9-8-17-7-5-15(3)26-17/h4-10,18H,11-12H2,1-3H3,(H,21,24)/b9-8+. The lowest BCUT2D eigenvalue weighted by Gasteiger charge is -2.22. The van der Waals surface area contributed by atoms with Crippen LogP contribution >= 0.6 is 23.1 Å². The van der Waals surface area contributed by atoms with Crippen LogP contribution in [-0.2, 0) is 9.59 Å². The molecular weight excluding hydrogens is 364 g/mol. The number of rotatable bonds is 4. The second-order valence-electron chi connectivity index (χ2n) is 6.39. The Balaban J connectivity index is 1.66. The normalized spacial score (nSPS) is 17.0. The number of thiophene rings is 1. The highest BCUT2D eigenvalue weighted by atomic mass is 32.2. The van der Waals surface area contributed by atoms with Gasteiger partial charge in [0, 0.05) is 27.3 Å². The van der Waals surface area contributed by atoms with Gasteiger partial charge in [-0.25, -0.2) is 0 Å². The molecule has 0 saturated carbocycles. The van der Waals surface area contributed by atoms with Crippen molar-refractivity contribution >= 4 is 46.7 Å². The van der Waals surface area contributed by atoms with Crippen LogP contribution in [-0.4, -0.2) is 34.4 Å². The van der Waals surface area contributed by atoms with Crippen LogP contribution in [0, 0.1) is 20.8 Å². The summed E-state index contributed by atoms with van der Waals surface area (Å²) in [5, 5.41) is 2.95. The predicted octanol–water partition coefficient (Wildman–Crippen LogP) is 4.23.